The van der Waals surface area contributed by atoms with E-state index in [0.717, 1.165) is 13.0 Å². The van der Waals surface area contributed by atoms with E-state index >= 15 is 0 Å². The molecular weight excluding hydrogens is 134 g/mol. The average molecular weight is 147 g/mol. The van der Waals surface area contributed by atoms with Crippen LogP contribution in [-0.2, 0) is 0 Å². The molecule has 2 unspecified atom stereocenters. The lowest BCUT2D eigenvalue weighted by Crippen LogP contribution is -2.17. The largest absolute Gasteiger partial charge is 0.396 e. The number of rotatable bonds is 2. The van der Waals surface area contributed by atoms with Crippen molar-refractivity contribution in [3.05, 3.63) is 0 Å². The summed E-state index contributed by atoms with van der Waals surface area (Å²) in [7, 11) is 0. The van der Waals surface area contributed by atoms with E-state index in [0.29, 0.717) is 17.2 Å². The molecule has 1 fully saturated rings. The molecule has 0 radical (unpaired) electrons. The van der Waals surface area contributed by atoms with Crippen molar-refractivity contribution in [2.45, 2.75) is 24.0 Å². The summed E-state index contributed by atoms with van der Waals surface area (Å²) in [5, 5.41) is 13.1. The van der Waals surface area contributed by atoms with Gasteiger partial charge >= 0.3 is 0 Å². The second-order valence-corrected chi connectivity index (χ2v) is 3.97. The Morgan fingerprint density at radius 2 is 2.56 bits per heavy atom. The molecule has 54 valence electrons. The van der Waals surface area contributed by atoms with Gasteiger partial charge in [-0.15, -0.1) is 11.8 Å². The maximum absolute atomic E-state index is 8.57. The van der Waals surface area contributed by atoms with E-state index in [4.69, 9.17) is 5.11 Å². The monoisotopic (exact) mass is 147 g/mol. The Hall–Kier alpha value is 0.270. The second-order valence-electron chi connectivity index (χ2n) is 2.32. The van der Waals surface area contributed by atoms with Crippen molar-refractivity contribution in [3.63, 3.8) is 0 Å². The highest BCUT2D eigenvalue weighted by Crippen LogP contribution is 2.23. The van der Waals surface area contributed by atoms with Crippen LogP contribution in [0.3, 0.4) is 0 Å². The first-order valence-electron chi connectivity index (χ1n) is 3.32. The van der Waals surface area contributed by atoms with Gasteiger partial charge in [0.15, 0.2) is 0 Å². The molecule has 0 amide bonds. The summed E-state index contributed by atoms with van der Waals surface area (Å²) in [6, 6.07) is 0. The predicted octanol–water partition coefficient (Wildman–Crippen LogP) is 0.420. The van der Waals surface area contributed by atoms with Gasteiger partial charge in [0.25, 0.3) is 0 Å². The third-order valence-electron chi connectivity index (χ3n) is 1.48. The second kappa shape index (κ2) is 3.44. The molecule has 0 aromatic heterocycles. The zero-order valence-electron chi connectivity index (χ0n) is 5.63. The fraction of sp³-hybridized carbons (Fsp3) is 1.00. The summed E-state index contributed by atoms with van der Waals surface area (Å²) in [6.45, 7) is 3.54. The highest BCUT2D eigenvalue weighted by molar-refractivity contribution is 8.00. The molecule has 2 atom stereocenters. The Morgan fingerprint density at radius 1 is 1.78 bits per heavy atom. The van der Waals surface area contributed by atoms with Gasteiger partial charge in [0.05, 0.1) is 5.37 Å². The number of hydrogen-bond acceptors (Lipinski definition) is 3. The number of aliphatic hydroxyl groups excluding tert-OH is 1. The first-order valence-corrected chi connectivity index (χ1v) is 4.27. The van der Waals surface area contributed by atoms with Crippen LogP contribution in [0.4, 0.5) is 0 Å². The SMILES string of the molecule is CC1NCC(CCO)S1. The van der Waals surface area contributed by atoms with Gasteiger partial charge < -0.3 is 10.4 Å². The van der Waals surface area contributed by atoms with Crippen LogP contribution in [0.15, 0.2) is 0 Å². The predicted molar refractivity (Wildman–Crippen MR) is 40.5 cm³/mol. The normalized spacial score (nSPS) is 35.3. The molecule has 2 nitrogen and oxygen atoms in total. The summed E-state index contributed by atoms with van der Waals surface area (Å²) >= 11 is 1.92. The molecule has 1 aliphatic heterocycles. The molecule has 0 aliphatic carbocycles. The smallest absolute Gasteiger partial charge is 0.0507 e. The Balaban J connectivity index is 2.14. The number of aliphatic hydroxyl groups is 1. The topological polar surface area (TPSA) is 32.3 Å². The maximum atomic E-state index is 8.57. The third-order valence-corrected chi connectivity index (χ3v) is 2.84. The lowest BCUT2D eigenvalue weighted by atomic mass is 10.3. The van der Waals surface area contributed by atoms with Crippen molar-refractivity contribution in [3.8, 4) is 0 Å². The summed E-state index contributed by atoms with van der Waals surface area (Å²) in [5.41, 5.74) is 0. The van der Waals surface area contributed by atoms with Gasteiger partial charge in [-0.25, -0.2) is 0 Å². The molecule has 0 aromatic rings. The van der Waals surface area contributed by atoms with Crippen LogP contribution in [-0.4, -0.2) is 28.9 Å². The van der Waals surface area contributed by atoms with Gasteiger partial charge in [0.2, 0.25) is 0 Å². The lowest BCUT2D eigenvalue weighted by molar-refractivity contribution is 0.287. The molecule has 9 heavy (non-hydrogen) atoms. The number of nitrogens with one attached hydrogen (secondary N) is 1. The van der Waals surface area contributed by atoms with Crippen molar-refractivity contribution in [1.29, 1.82) is 0 Å². The van der Waals surface area contributed by atoms with E-state index in [1.165, 1.54) is 0 Å². The Kier molecular flexibility index (Phi) is 2.82. The minimum Gasteiger partial charge on any atom is -0.396 e. The van der Waals surface area contributed by atoms with Gasteiger partial charge in [-0.3, -0.25) is 0 Å². The van der Waals surface area contributed by atoms with Crippen LogP contribution in [0.5, 0.6) is 0 Å². The molecule has 2 N–H and O–H groups in total. The van der Waals surface area contributed by atoms with Crippen molar-refractivity contribution in [2.75, 3.05) is 13.2 Å². The van der Waals surface area contributed by atoms with E-state index in [2.05, 4.69) is 12.2 Å². The van der Waals surface area contributed by atoms with Gasteiger partial charge in [-0.1, -0.05) is 0 Å². The molecular formula is C6H13NOS. The Bertz CT molecular complexity index is 87.1. The quantitative estimate of drug-likeness (QED) is 0.593. The lowest BCUT2D eigenvalue weighted by Gasteiger charge is -2.03. The maximum Gasteiger partial charge on any atom is 0.0507 e. The Morgan fingerprint density at radius 3 is 3.00 bits per heavy atom. The zero-order valence-corrected chi connectivity index (χ0v) is 6.45. The molecule has 1 rings (SSSR count). The fourth-order valence-electron chi connectivity index (χ4n) is 0.996. The molecule has 3 heteroatoms. The summed E-state index contributed by atoms with van der Waals surface area (Å²) in [5.74, 6) is 0. The Labute approximate surface area is 60.0 Å². The molecule has 0 saturated carbocycles. The van der Waals surface area contributed by atoms with Crippen molar-refractivity contribution >= 4 is 11.8 Å². The third kappa shape index (κ3) is 2.16. The van der Waals surface area contributed by atoms with Gasteiger partial charge in [0, 0.05) is 18.4 Å². The molecule has 0 spiro atoms. The van der Waals surface area contributed by atoms with E-state index < -0.39 is 0 Å². The zero-order chi connectivity index (χ0) is 6.69. The van der Waals surface area contributed by atoms with Crippen LogP contribution < -0.4 is 5.32 Å². The molecule has 1 saturated heterocycles. The standard InChI is InChI=1S/C6H13NOS/c1-5-7-4-6(9-5)2-3-8/h5-8H,2-4H2,1H3. The fourth-order valence-corrected chi connectivity index (χ4v) is 2.20. The first kappa shape index (κ1) is 7.38. The molecule has 0 aromatic carbocycles. The minimum atomic E-state index is 0.325. The van der Waals surface area contributed by atoms with E-state index in [1.807, 2.05) is 11.8 Å². The van der Waals surface area contributed by atoms with Crippen LogP contribution in [0.1, 0.15) is 13.3 Å². The summed E-state index contributed by atoms with van der Waals surface area (Å²) in [6.07, 6.45) is 0.933. The van der Waals surface area contributed by atoms with E-state index in [-0.39, 0.29) is 0 Å². The van der Waals surface area contributed by atoms with E-state index in [9.17, 15) is 0 Å². The highest BCUT2D eigenvalue weighted by Gasteiger charge is 2.19. The van der Waals surface area contributed by atoms with Crippen molar-refractivity contribution in [2.24, 2.45) is 0 Å². The molecule has 0 bridgehead atoms. The van der Waals surface area contributed by atoms with Crippen LogP contribution in [0.2, 0.25) is 0 Å². The number of thioether (sulfide) groups is 1. The first-order chi connectivity index (χ1) is 4.33. The van der Waals surface area contributed by atoms with E-state index in [1.54, 1.807) is 0 Å². The average Bonchev–Trinajstić information content (AvgIpc) is 2.17. The van der Waals surface area contributed by atoms with Crippen molar-refractivity contribution < 1.29 is 5.11 Å². The van der Waals surface area contributed by atoms with Gasteiger partial charge in [-0.05, 0) is 13.3 Å². The number of hydrogen-bond donors (Lipinski definition) is 2. The van der Waals surface area contributed by atoms with Gasteiger partial charge in [-0.2, -0.15) is 0 Å². The van der Waals surface area contributed by atoms with Crippen LogP contribution in [0, 0.1) is 0 Å². The molecule has 1 heterocycles. The van der Waals surface area contributed by atoms with Crippen LogP contribution in [0.25, 0.3) is 0 Å². The summed E-state index contributed by atoms with van der Waals surface area (Å²) < 4.78 is 0. The summed E-state index contributed by atoms with van der Waals surface area (Å²) in [4.78, 5) is 0. The molecule has 1 aliphatic rings. The highest BCUT2D eigenvalue weighted by atomic mass is 32.2. The van der Waals surface area contributed by atoms with Crippen LogP contribution >= 0.6 is 11.8 Å². The van der Waals surface area contributed by atoms with Gasteiger partial charge in [0.1, 0.15) is 0 Å². The minimum absolute atomic E-state index is 0.325. The van der Waals surface area contributed by atoms with Crippen molar-refractivity contribution in [1.82, 2.24) is 5.32 Å².